The lowest BCUT2D eigenvalue weighted by Gasteiger charge is -2.37. The maximum absolute atomic E-state index is 14.2. The van der Waals surface area contributed by atoms with Crippen molar-refractivity contribution in [3.05, 3.63) is 59.7 Å². The van der Waals surface area contributed by atoms with E-state index in [2.05, 4.69) is 37.3 Å². The van der Waals surface area contributed by atoms with Gasteiger partial charge in [0.2, 0.25) is 5.82 Å². The van der Waals surface area contributed by atoms with Crippen molar-refractivity contribution in [2.75, 3.05) is 0 Å². The van der Waals surface area contributed by atoms with E-state index in [4.69, 9.17) is 0 Å². The topological polar surface area (TPSA) is 20.2 Å². The minimum atomic E-state index is -1.14. The second kappa shape index (κ2) is 12.2. The fraction of sp³-hybridized carbons (Fsp3) is 0.613. The molecule has 1 unspecified atom stereocenters. The molecule has 1 atom stereocenters. The Kier molecular flexibility index (Phi) is 9.03. The zero-order chi connectivity index (χ0) is 23.9. The van der Waals surface area contributed by atoms with E-state index in [1.54, 1.807) is 0 Å². The number of hydrogen-bond donors (Lipinski definition) is 1. The molecule has 0 aliphatic heterocycles. The standard InChI is InChI=1S/C31H42F2O/c1-2-3-4-5-22-8-14-25(15-9-22)26-16-10-23(11-17-26)6-7-24-12-18-27(19-13-24)28-20-21-29(34)31(33)30(28)32/h2-3,6-7,18,20-26,34H,4-5,8-17,19H2,1H3/b3-2+,7-6+. The van der Waals surface area contributed by atoms with Crippen molar-refractivity contribution < 1.29 is 13.9 Å². The Morgan fingerprint density at radius 1 is 0.853 bits per heavy atom. The minimum Gasteiger partial charge on any atom is -0.505 e. The van der Waals surface area contributed by atoms with Crippen LogP contribution in [-0.4, -0.2) is 5.11 Å². The van der Waals surface area contributed by atoms with E-state index >= 15 is 0 Å². The SMILES string of the molecule is C/C=C/CCC1CCC(C2CCC(/C=C/C3CC=C(c4ccc(O)c(F)c4F)CC3)CC2)CC1. The van der Waals surface area contributed by atoms with Crippen LogP contribution in [-0.2, 0) is 0 Å². The van der Waals surface area contributed by atoms with Crippen molar-refractivity contribution in [2.24, 2.45) is 29.6 Å². The molecule has 1 aromatic rings. The number of hydrogen-bond acceptors (Lipinski definition) is 1. The molecule has 3 aliphatic rings. The van der Waals surface area contributed by atoms with Gasteiger partial charge in [-0.15, -0.1) is 0 Å². The number of allylic oxidation sites excluding steroid dienone is 6. The van der Waals surface area contributed by atoms with Crippen LogP contribution in [0.5, 0.6) is 5.75 Å². The molecule has 3 heteroatoms. The Balaban J connectivity index is 1.19. The zero-order valence-electron chi connectivity index (χ0n) is 20.8. The van der Waals surface area contributed by atoms with Crippen molar-refractivity contribution in [3.8, 4) is 5.75 Å². The lowest BCUT2D eigenvalue weighted by atomic mass is 9.68. The summed E-state index contributed by atoms with van der Waals surface area (Å²) in [7, 11) is 0. The van der Waals surface area contributed by atoms with Crippen LogP contribution in [0.25, 0.3) is 5.57 Å². The summed E-state index contributed by atoms with van der Waals surface area (Å²) in [6.45, 7) is 2.12. The molecule has 0 amide bonds. The summed E-state index contributed by atoms with van der Waals surface area (Å²) < 4.78 is 27.9. The molecule has 1 nitrogen and oxygen atoms in total. The third-order valence-corrected chi connectivity index (χ3v) is 8.87. The highest BCUT2D eigenvalue weighted by Gasteiger charge is 2.30. The van der Waals surface area contributed by atoms with E-state index in [-0.39, 0.29) is 0 Å². The second-order valence-corrected chi connectivity index (χ2v) is 11.0. The van der Waals surface area contributed by atoms with Gasteiger partial charge in [0.15, 0.2) is 11.6 Å². The van der Waals surface area contributed by atoms with Gasteiger partial charge in [-0.2, -0.15) is 4.39 Å². The van der Waals surface area contributed by atoms with Gasteiger partial charge in [0.1, 0.15) is 0 Å². The molecule has 1 aromatic carbocycles. The summed E-state index contributed by atoms with van der Waals surface area (Å²) in [6, 6.07) is 2.73. The summed E-state index contributed by atoms with van der Waals surface area (Å²) in [5, 5.41) is 9.35. The van der Waals surface area contributed by atoms with Crippen LogP contribution in [0.3, 0.4) is 0 Å². The lowest BCUT2D eigenvalue weighted by Crippen LogP contribution is -2.25. The van der Waals surface area contributed by atoms with Crippen LogP contribution in [0, 0.1) is 41.2 Å². The van der Waals surface area contributed by atoms with Crippen LogP contribution < -0.4 is 0 Å². The summed E-state index contributed by atoms with van der Waals surface area (Å²) in [6.07, 6.45) is 27.9. The maximum atomic E-state index is 14.2. The largest absolute Gasteiger partial charge is 0.505 e. The first-order valence-corrected chi connectivity index (χ1v) is 13.7. The third-order valence-electron chi connectivity index (χ3n) is 8.87. The first kappa shape index (κ1) is 25.2. The molecule has 0 heterocycles. The van der Waals surface area contributed by atoms with Gasteiger partial charge in [0.05, 0.1) is 0 Å². The Morgan fingerprint density at radius 3 is 2.18 bits per heavy atom. The molecule has 186 valence electrons. The number of halogens is 2. The number of phenolic OH excluding ortho intramolecular Hbond substituents is 1. The minimum absolute atomic E-state index is 0.294. The van der Waals surface area contributed by atoms with Gasteiger partial charge in [-0.1, -0.05) is 43.2 Å². The highest BCUT2D eigenvalue weighted by atomic mass is 19.2. The molecule has 1 N–H and O–H groups in total. The van der Waals surface area contributed by atoms with Crippen LogP contribution in [0.1, 0.15) is 96.0 Å². The summed E-state index contributed by atoms with van der Waals surface area (Å²) >= 11 is 0. The first-order valence-electron chi connectivity index (χ1n) is 13.7. The zero-order valence-corrected chi connectivity index (χ0v) is 20.8. The molecule has 3 aliphatic carbocycles. The molecule has 2 fully saturated rings. The lowest BCUT2D eigenvalue weighted by molar-refractivity contribution is 0.153. The van der Waals surface area contributed by atoms with E-state index in [0.29, 0.717) is 17.4 Å². The highest BCUT2D eigenvalue weighted by Crippen LogP contribution is 2.43. The average molecular weight is 469 g/mol. The molecule has 0 radical (unpaired) electrons. The quantitative estimate of drug-likeness (QED) is 0.395. The van der Waals surface area contributed by atoms with Gasteiger partial charge in [-0.05, 0) is 125 Å². The Labute approximate surface area is 205 Å². The van der Waals surface area contributed by atoms with Gasteiger partial charge in [0.25, 0.3) is 0 Å². The molecular weight excluding hydrogens is 426 g/mol. The Bertz CT molecular complexity index is 883. The van der Waals surface area contributed by atoms with Crippen molar-refractivity contribution in [1.29, 1.82) is 0 Å². The van der Waals surface area contributed by atoms with E-state index in [1.165, 1.54) is 76.3 Å². The predicted molar refractivity (Wildman–Crippen MR) is 137 cm³/mol. The summed E-state index contributed by atoms with van der Waals surface area (Å²) in [5.74, 6) is 1.37. The molecule has 0 bridgehead atoms. The fourth-order valence-electron chi connectivity index (χ4n) is 6.63. The van der Waals surface area contributed by atoms with Gasteiger partial charge < -0.3 is 5.11 Å². The molecule has 2 saturated carbocycles. The normalized spacial score (nSPS) is 30.7. The van der Waals surface area contributed by atoms with Crippen LogP contribution in [0.2, 0.25) is 0 Å². The van der Waals surface area contributed by atoms with E-state index < -0.39 is 17.4 Å². The number of aromatic hydroxyl groups is 1. The first-order chi connectivity index (χ1) is 16.5. The molecule has 34 heavy (non-hydrogen) atoms. The van der Waals surface area contributed by atoms with Crippen molar-refractivity contribution in [3.63, 3.8) is 0 Å². The van der Waals surface area contributed by atoms with Gasteiger partial charge >= 0.3 is 0 Å². The molecule has 0 saturated heterocycles. The summed E-state index contributed by atoms with van der Waals surface area (Å²) in [4.78, 5) is 0. The number of benzene rings is 1. The Morgan fingerprint density at radius 2 is 1.53 bits per heavy atom. The fourth-order valence-corrected chi connectivity index (χ4v) is 6.63. The number of phenols is 1. The van der Waals surface area contributed by atoms with E-state index in [0.717, 1.165) is 42.6 Å². The average Bonchev–Trinajstić information content (AvgIpc) is 2.88. The van der Waals surface area contributed by atoms with Crippen molar-refractivity contribution >= 4 is 5.57 Å². The smallest absolute Gasteiger partial charge is 0.200 e. The van der Waals surface area contributed by atoms with Crippen LogP contribution >= 0.6 is 0 Å². The third kappa shape index (κ3) is 6.40. The van der Waals surface area contributed by atoms with E-state index in [9.17, 15) is 13.9 Å². The molecular formula is C31H42F2O. The van der Waals surface area contributed by atoms with Crippen molar-refractivity contribution in [1.82, 2.24) is 0 Å². The van der Waals surface area contributed by atoms with Crippen LogP contribution in [0.4, 0.5) is 8.78 Å². The predicted octanol–water partition coefficient (Wildman–Crippen LogP) is 9.38. The summed E-state index contributed by atoms with van der Waals surface area (Å²) in [5.41, 5.74) is 1.15. The molecule has 0 aromatic heterocycles. The van der Waals surface area contributed by atoms with E-state index in [1.807, 2.05) is 0 Å². The van der Waals surface area contributed by atoms with Crippen molar-refractivity contribution in [2.45, 2.75) is 90.4 Å². The molecule has 0 spiro atoms. The van der Waals surface area contributed by atoms with Gasteiger partial charge in [-0.3, -0.25) is 0 Å². The molecule has 4 rings (SSSR count). The monoisotopic (exact) mass is 468 g/mol. The highest BCUT2D eigenvalue weighted by molar-refractivity contribution is 5.67. The van der Waals surface area contributed by atoms with Gasteiger partial charge in [-0.25, -0.2) is 4.39 Å². The second-order valence-electron chi connectivity index (χ2n) is 11.0. The van der Waals surface area contributed by atoms with Crippen LogP contribution in [0.15, 0.2) is 42.5 Å². The Hall–Kier alpha value is -1.90. The maximum Gasteiger partial charge on any atom is 0.200 e. The van der Waals surface area contributed by atoms with Gasteiger partial charge in [0, 0.05) is 5.56 Å². The number of rotatable bonds is 7.